The number of aromatic hydroxyl groups is 1. The third-order valence-corrected chi connectivity index (χ3v) is 3.88. The maximum Gasteiger partial charge on any atom is 0.415 e. The van der Waals surface area contributed by atoms with Crippen molar-refractivity contribution >= 4 is 23.9 Å². The molecule has 2 aromatic rings. The zero-order valence-electron chi connectivity index (χ0n) is 16.1. The summed E-state index contributed by atoms with van der Waals surface area (Å²) in [6.45, 7) is 2.04. The van der Waals surface area contributed by atoms with Gasteiger partial charge in [-0.15, -0.1) is 0 Å². The monoisotopic (exact) mass is 404 g/mol. The fraction of sp³-hybridized carbons (Fsp3) is 0.263. The molecule has 0 unspecified atom stereocenters. The van der Waals surface area contributed by atoms with E-state index in [4.69, 9.17) is 9.15 Å². The molecule has 2 heterocycles. The summed E-state index contributed by atoms with van der Waals surface area (Å²) in [6, 6.07) is 3.94. The van der Waals surface area contributed by atoms with Crippen molar-refractivity contribution in [3.05, 3.63) is 57.4 Å². The van der Waals surface area contributed by atoms with Gasteiger partial charge in [0, 0.05) is 32.5 Å². The number of nitrogens with zero attached hydrogens (tertiary/aromatic N) is 1. The minimum atomic E-state index is -1.02. The molecule has 0 bridgehead atoms. The van der Waals surface area contributed by atoms with Crippen LogP contribution in [0.5, 0.6) is 5.75 Å². The summed E-state index contributed by atoms with van der Waals surface area (Å²) in [5.74, 6) is -2.33. The van der Waals surface area contributed by atoms with Gasteiger partial charge in [-0.25, -0.2) is 9.59 Å². The number of hydrogen-bond acceptors (Lipinski definition) is 8. The lowest BCUT2D eigenvalue weighted by atomic mass is 10.1. The Morgan fingerprint density at radius 1 is 1.31 bits per heavy atom. The van der Waals surface area contributed by atoms with Gasteiger partial charge in [0.2, 0.25) is 5.76 Å². The molecule has 0 saturated carbocycles. The number of ether oxygens (including phenoxy) is 2. The second-order valence-corrected chi connectivity index (χ2v) is 5.91. The highest BCUT2D eigenvalue weighted by Crippen LogP contribution is 2.16. The average molecular weight is 404 g/mol. The molecule has 154 valence electrons. The van der Waals surface area contributed by atoms with E-state index in [1.54, 1.807) is 6.92 Å². The summed E-state index contributed by atoms with van der Waals surface area (Å²) in [4.78, 5) is 47.7. The van der Waals surface area contributed by atoms with E-state index >= 15 is 0 Å². The molecule has 0 atom stereocenters. The number of aromatic nitrogens is 1. The highest BCUT2D eigenvalue weighted by atomic mass is 16.6. The highest BCUT2D eigenvalue weighted by molar-refractivity contribution is 6.08. The van der Waals surface area contributed by atoms with Crippen LogP contribution >= 0.6 is 0 Å². The molecule has 0 aliphatic rings. The molecule has 0 fully saturated rings. The van der Waals surface area contributed by atoms with Crippen LogP contribution in [-0.4, -0.2) is 47.8 Å². The maximum absolute atomic E-state index is 12.3. The second-order valence-electron chi connectivity index (χ2n) is 5.91. The largest absolute Gasteiger partial charge is 0.507 e. The lowest BCUT2D eigenvalue weighted by Gasteiger charge is -2.07. The van der Waals surface area contributed by atoms with Crippen LogP contribution in [0.1, 0.15) is 32.4 Å². The number of nitrogens with one attached hydrogen (secondary N) is 1. The number of methoxy groups -OCH3 is 1. The van der Waals surface area contributed by atoms with Gasteiger partial charge < -0.3 is 28.9 Å². The van der Waals surface area contributed by atoms with Gasteiger partial charge in [0.05, 0.1) is 6.61 Å². The van der Waals surface area contributed by atoms with Gasteiger partial charge in [-0.05, 0) is 31.2 Å². The SMILES string of the molecule is COCCNC(=O)OC(=O)c1ccc(C=CC(=O)c2c(O)cc(C)n(C)c2=O)o1. The van der Waals surface area contributed by atoms with Gasteiger partial charge in [-0.2, -0.15) is 0 Å². The number of alkyl carbamates (subject to hydrolysis) is 1. The first-order chi connectivity index (χ1) is 13.7. The molecule has 0 aliphatic heterocycles. The van der Waals surface area contributed by atoms with Crippen LogP contribution < -0.4 is 10.9 Å². The molecular formula is C19H20N2O8. The third kappa shape index (κ3) is 5.42. The van der Waals surface area contributed by atoms with Crippen molar-refractivity contribution in [2.45, 2.75) is 6.92 Å². The van der Waals surface area contributed by atoms with Crippen molar-refractivity contribution in [3.63, 3.8) is 0 Å². The Morgan fingerprint density at radius 3 is 2.72 bits per heavy atom. The van der Waals surface area contributed by atoms with Gasteiger partial charge in [0.15, 0.2) is 5.78 Å². The number of aryl methyl sites for hydroxylation is 1. The van der Waals surface area contributed by atoms with E-state index in [1.165, 1.54) is 43.0 Å². The van der Waals surface area contributed by atoms with Crippen molar-refractivity contribution in [1.29, 1.82) is 0 Å². The number of amides is 1. The Labute approximate surface area is 165 Å². The first kappa shape index (κ1) is 21.6. The van der Waals surface area contributed by atoms with Gasteiger partial charge >= 0.3 is 12.1 Å². The number of pyridine rings is 1. The molecule has 0 aliphatic carbocycles. The maximum atomic E-state index is 12.3. The Balaban J connectivity index is 2.06. The molecule has 10 nitrogen and oxygen atoms in total. The molecule has 10 heteroatoms. The Kier molecular flexibility index (Phi) is 7.10. The molecule has 0 aromatic carbocycles. The fourth-order valence-electron chi connectivity index (χ4n) is 2.25. The summed E-state index contributed by atoms with van der Waals surface area (Å²) < 4.78 is 15.7. The Morgan fingerprint density at radius 2 is 2.03 bits per heavy atom. The zero-order chi connectivity index (χ0) is 21.6. The van der Waals surface area contributed by atoms with Gasteiger partial charge in [0.25, 0.3) is 5.56 Å². The second kappa shape index (κ2) is 9.51. The number of ketones is 1. The van der Waals surface area contributed by atoms with E-state index in [1.807, 2.05) is 0 Å². The van der Waals surface area contributed by atoms with Crippen LogP contribution in [0.3, 0.4) is 0 Å². The Hall–Kier alpha value is -3.66. The lowest BCUT2D eigenvalue weighted by Crippen LogP contribution is -2.29. The molecule has 2 N–H and O–H groups in total. The molecule has 2 aromatic heterocycles. The predicted octanol–water partition coefficient (Wildman–Crippen LogP) is 1.40. The van der Waals surface area contributed by atoms with Crippen LogP contribution in [0.4, 0.5) is 4.79 Å². The van der Waals surface area contributed by atoms with Gasteiger partial charge in [0.1, 0.15) is 17.1 Å². The van der Waals surface area contributed by atoms with Crippen molar-refractivity contribution in [2.24, 2.45) is 7.05 Å². The van der Waals surface area contributed by atoms with Crippen molar-refractivity contribution < 1.29 is 33.4 Å². The number of hydrogen-bond donors (Lipinski definition) is 2. The molecule has 1 amide bonds. The first-order valence-electron chi connectivity index (χ1n) is 8.45. The number of carbonyl (C=O) groups is 3. The van der Waals surface area contributed by atoms with Crippen molar-refractivity contribution in [3.8, 4) is 5.75 Å². The van der Waals surface area contributed by atoms with E-state index in [-0.39, 0.29) is 30.2 Å². The molecule has 0 saturated heterocycles. The van der Waals surface area contributed by atoms with Crippen LogP contribution in [0.25, 0.3) is 6.08 Å². The summed E-state index contributed by atoms with van der Waals surface area (Å²) in [5, 5.41) is 12.2. The van der Waals surface area contributed by atoms with Crippen LogP contribution in [0.15, 0.2) is 33.5 Å². The topological polar surface area (TPSA) is 137 Å². The van der Waals surface area contributed by atoms with Gasteiger partial charge in [-0.1, -0.05) is 0 Å². The van der Waals surface area contributed by atoms with E-state index in [0.29, 0.717) is 5.69 Å². The van der Waals surface area contributed by atoms with Crippen molar-refractivity contribution in [1.82, 2.24) is 9.88 Å². The quantitative estimate of drug-likeness (QED) is 0.232. The minimum Gasteiger partial charge on any atom is -0.507 e. The van der Waals surface area contributed by atoms with E-state index in [0.717, 1.165) is 6.08 Å². The number of esters is 1. The predicted molar refractivity (Wildman–Crippen MR) is 101 cm³/mol. The summed E-state index contributed by atoms with van der Waals surface area (Å²) in [6.07, 6.45) is 1.29. The summed E-state index contributed by atoms with van der Waals surface area (Å²) >= 11 is 0. The normalized spacial score (nSPS) is 10.9. The third-order valence-electron chi connectivity index (χ3n) is 3.88. The summed E-state index contributed by atoms with van der Waals surface area (Å²) in [5.41, 5.74) is -0.526. The molecule has 2 rings (SSSR count). The average Bonchev–Trinajstić information content (AvgIpc) is 3.14. The molecule has 29 heavy (non-hydrogen) atoms. The number of furan rings is 1. The molecule has 0 radical (unpaired) electrons. The molecular weight excluding hydrogens is 384 g/mol. The number of carbonyl (C=O) groups excluding carboxylic acids is 3. The Bertz CT molecular complexity index is 1020. The van der Waals surface area contributed by atoms with Crippen LogP contribution in [0, 0.1) is 6.92 Å². The number of allylic oxidation sites excluding steroid dienone is 1. The minimum absolute atomic E-state index is 0.105. The first-order valence-corrected chi connectivity index (χ1v) is 8.45. The van der Waals surface area contributed by atoms with Crippen molar-refractivity contribution in [2.75, 3.05) is 20.3 Å². The standard InChI is InChI=1S/C19H20N2O8/c1-11-10-14(23)16(17(24)21(11)2)13(22)6-4-12-5-7-15(28-12)18(25)29-19(26)20-8-9-27-3/h4-7,10,23H,8-9H2,1-3H3,(H,20,26). The zero-order valence-corrected chi connectivity index (χ0v) is 16.1. The molecule has 0 spiro atoms. The number of rotatable bonds is 7. The van der Waals surface area contributed by atoms with E-state index < -0.39 is 29.2 Å². The lowest BCUT2D eigenvalue weighted by molar-refractivity contribution is 0.0584. The van der Waals surface area contributed by atoms with Crippen LogP contribution in [-0.2, 0) is 16.5 Å². The van der Waals surface area contributed by atoms with E-state index in [9.17, 15) is 24.3 Å². The summed E-state index contributed by atoms with van der Waals surface area (Å²) in [7, 11) is 2.94. The smallest absolute Gasteiger partial charge is 0.415 e. The van der Waals surface area contributed by atoms with Gasteiger partial charge in [-0.3, -0.25) is 9.59 Å². The highest BCUT2D eigenvalue weighted by Gasteiger charge is 2.18. The van der Waals surface area contributed by atoms with Crippen LogP contribution in [0.2, 0.25) is 0 Å². The fourth-order valence-corrected chi connectivity index (χ4v) is 2.25. The van der Waals surface area contributed by atoms with E-state index in [2.05, 4.69) is 10.1 Å².